The normalized spacial score (nSPS) is 20.5. The number of nitrogens with zero attached hydrogens (tertiary/aromatic N) is 1. The molecule has 4 heteroatoms. The average molecular weight is 238 g/mol. The molecule has 2 rings (SSSR count). The molecule has 0 aromatic carbocycles. The summed E-state index contributed by atoms with van der Waals surface area (Å²) in [6.07, 6.45) is 1.23. The lowest BCUT2D eigenvalue weighted by molar-refractivity contribution is 0.0943. The van der Waals surface area contributed by atoms with Crippen molar-refractivity contribution in [2.45, 2.75) is 6.42 Å². The standard InChI is InChI=1S/C12H18N2OS/c1-14(8-10-4-5-13-7-10)9-11(15)12-3-2-6-16-12/h2-3,6,10,13H,4-5,7-9H2,1H3. The zero-order valence-electron chi connectivity index (χ0n) is 9.61. The van der Waals surface area contributed by atoms with Crippen LogP contribution in [-0.2, 0) is 0 Å². The van der Waals surface area contributed by atoms with Crippen molar-refractivity contribution in [2.75, 3.05) is 33.2 Å². The highest BCUT2D eigenvalue weighted by Crippen LogP contribution is 2.12. The Bertz CT molecular complexity index is 331. The van der Waals surface area contributed by atoms with Crippen LogP contribution in [0.25, 0.3) is 0 Å². The Kier molecular flexibility index (Phi) is 4.09. The topological polar surface area (TPSA) is 32.3 Å². The molecule has 1 N–H and O–H groups in total. The number of likely N-dealkylation sites (N-methyl/N-ethyl adjacent to an activating group) is 1. The zero-order valence-corrected chi connectivity index (χ0v) is 10.4. The summed E-state index contributed by atoms with van der Waals surface area (Å²) in [6, 6.07) is 3.83. The lowest BCUT2D eigenvalue weighted by Gasteiger charge is -2.19. The van der Waals surface area contributed by atoms with Gasteiger partial charge in [0, 0.05) is 6.54 Å². The molecule has 3 nitrogen and oxygen atoms in total. The Morgan fingerprint density at radius 3 is 3.19 bits per heavy atom. The largest absolute Gasteiger partial charge is 0.316 e. The fraction of sp³-hybridized carbons (Fsp3) is 0.583. The number of rotatable bonds is 5. The van der Waals surface area contributed by atoms with Crippen molar-refractivity contribution >= 4 is 17.1 Å². The summed E-state index contributed by atoms with van der Waals surface area (Å²) in [5.74, 6) is 0.949. The molecule has 0 amide bonds. The third-order valence-electron chi connectivity index (χ3n) is 2.94. The van der Waals surface area contributed by atoms with Gasteiger partial charge in [0.2, 0.25) is 0 Å². The SMILES string of the molecule is CN(CC(=O)c1cccs1)CC1CCNC1. The predicted octanol–water partition coefficient (Wildman–Crippen LogP) is 1.47. The minimum Gasteiger partial charge on any atom is -0.316 e. The Balaban J connectivity index is 1.78. The van der Waals surface area contributed by atoms with Crippen LogP contribution in [0.15, 0.2) is 17.5 Å². The van der Waals surface area contributed by atoms with E-state index in [4.69, 9.17) is 0 Å². The first kappa shape index (κ1) is 11.8. The summed E-state index contributed by atoms with van der Waals surface area (Å²) in [6.45, 7) is 3.77. The number of nitrogens with one attached hydrogen (secondary N) is 1. The number of Topliss-reactive ketones (excluding diaryl/α,β-unsaturated/α-hetero) is 1. The van der Waals surface area contributed by atoms with Gasteiger partial charge in [0.05, 0.1) is 11.4 Å². The molecule has 16 heavy (non-hydrogen) atoms. The van der Waals surface area contributed by atoms with Crippen LogP contribution in [-0.4, -0.2) is 43.9 Å². The molecule has 1 aliphatic rings. The maximum absolute atomic E-state index is 11.8. The Morgan fingerprint density at radius 1 is 1.69 bits per heavy atom. The first-order valence-electron chi connectivity index (χ1n) is 5.71. The van der Waals surface area contributed by atoms with E-state index in [9.17, 15) is 4.79 Å². The van der Waals surface area contributed by atoms with Crippen LogP contribution in [0.2, 0.25) is 0 Å². The van der Waals surface area contributed by atoms with E-state index in [1.165, 1.54) is 17.8 Å². The lowest BCUT2D eigenvalue weighted by Crippen LogP contribution is -2.31. The molecule has 1 aromatic heterocycles. The predicted molar refractivity (Wildman–Crippen MR) is 67.1 cm³/mol. The molecule has 2 heterocycles. The number of hydrogen-bond donors (Lipinski definition) is 1. The highest BCUT2D eigenvalue weighted by Gasteiger charge is 2.18. The van der Waals surface area contributed by atoms with Crippen LogP contribution >= 0.6 is 11.3 Å². The molecule has 1 unspecified atom stereocenters. The maximum Gasteiger partial charge on any atom is 0.186 e. The van der Waals surface area contributed by atoms with E-state index in [1.54, 1.807) is 0 Å². The molecule has 1 saturated heterocycles. The second-order valence-corrected chi connectivity index (χ2v) is 5.40. The zero-order chi connectivity index (χ0) is 11.4. The number of thiophene rings is 1. The number of ketones is 1. The van der Waals surface area contributed by atoms with Gasteiger partial charge in [0.15, 0.2) is 5.78 Å². The minimum atomic E-state index is 0.239. The summed E-state index contributed by atoms with van der Waals surface area (Å²) in [7, 11) is 2.03. The molecule has 0 radical (unpaired) electrons. The van der Waals surface area contributed by atoms with Crippen LogP contribution in [0.1, 0.15) is 16.1 Å². The molecule has 0 aliphatic carbocycles. The second-order valence-electron chi connectivity index (χ2n) is 4.46. The summed E-state index contributed by atoms with van der Waals surface area (Å²) >= 11 is 1.53. The number of carbonyl (C=O) groups excluding carboxylic acids is 1. The van der Waals surface area contributed by atoms with Crippen LogP contribution in [0.3, 0.4) is 0 Å². The fourth-order valence-corrected chi connectivity index (χ4v) is 2.79. The van der Waals surface area contributed by atoms with Gasteiger partial charge < -0.3 is 5.32 Å². The highest BCUT2D eigenvalue weighted by molar-refractivity contribution is 7.12. The Labute approximate surface area is 100 Å². The van der Waals surface area contributed by atoms with E-state index in [-0.39, 0.29) is 5.78 Å². The third-order valence-corrected chi connectivity index (χ3v) is 3.85. The first-order chi connectivity index (χ1) is 7.75. The summed E-state index contributed by atoms with van der Waals surface area (Å²) in [5.41, 5.74) is 0. The van der Waals surface area contributed by atoms with Crippen LogP contribution in [0.5, 0.6) is 0 Å². The first-order valence-corrected chi connectivity index (χ1v) is 6.59. The molecule has 0 bridgehead atoms. The Morgan fingerprint density at radius 2 is 2.56 bits per heavy atom. The van der Waals surface area contributed by atoms with Crippen LogP contribution < -0.4 is 5.32 Å². The highest BCUT2D eigenvalue weighted by atomic mass is 32.1. The number of carbonyl (C=O) groups is 1. The second kappa shape index (κ2) is 5.57. The smallest absolute Gasteiger partial charge is 0.186 e. The molecule has 1 aliphatic heterocycles. The van der Waals surface area contributed by atoms with Gasteiger partial charge in [0.25, 0.3) is 0 Å². The van der Waals surface area contributed by atoms with Crippen LogP contribution in [0.4, 0.5) is 0 Å². The van der Waals surface area contributed by atoms with Crippen molar-refractivity contribution in [3.63, 3.8) is 0 Å². The van der Waals surface area contributed by atoms with Gasteiger partial charge in [-0.05, 0) is 43.9 Å². The molecule has 0 spiro atoms. The van der Waals surface area contributed by atoms with E-state index >= 15 is 0 Å². The summed E-state index contributed by atoms with van der Waals surface area (Å²) in [4.78, 5) is 14.9. The monoisotopic (exact) mass is 238 g/mol. The van der Waals surface area contributed by atoms with E-state index in [0.29, 0.717) is 12.5 Å². The minimum absolute atomic E-state index is 0.239. The van der Waals surface area contributed by atoms with Crippen molar-refractivity contribution < 1.29 is 4.79 Å². The van der Waals surface area contributed by atoms with Gasteiger partial charge in [0.1, 0.15) is 0 Å². The van der Waals surface area contributed by atoms with Gasteiger partial charge in [-0.15, -0.1) is 11.3 Å². The number of hydrogen-bond acceptors (Lipinski definition) is 4. The molecule has 88 valence electrons. The molecule has 0 saturated carbocycles. The summed E-state index contributed by atoms with van der Waals surface area (Å²) in [5, 5.41) is 5.30. The molecule has 1 aromatic rings. The Hall–Kier alpha value is -0.710. The molecular weight excluding hydrogens is 220 g/mol. The fourth-order valence-electron chi connectivity index (χ4n) is 2.14. The van der Waals surface area contributed by atoms with Crippen molar-refractivity contribution in [1.82, 2.24) is 10.2 Å². The van der Waals surface area contributed by atoms with Gasteiger partial charge in [-0.2, -0.15) is 0 Å². The molecule has 1 fully saturated rings. The lowest BCUT2D eigenvalue weighted by atomic mass is 10.1. The van der Waals surface area contributed by atoms with Gasteiger partial charge >= 0.3 is 0 Å². The van der Waals surface area contributed by atoms with Crippen molar-refractivity contribution in [2.24, 2.45) is 5.92 Å². The van der Waals surface area contributed by atoms with E-state index in [0.717, 1.165) is 24.5 Å². The maximum atomic E-state index is 11.8. The molecular formula is C12H18N2OS. The average Bonchev–Trinajstić information content (AvgIpc) is 2.88. The third kappa shape index (κ3) is 3.14. The summed E-state index contributed by atoms with van der Waals surface area (Å²) < 4.78 is 0. The van der Waals surface area contributed by atoms with Gasteiger partial charge in [-0.25, -0.2) is 0 Å². The van der Waals surface area contributed by atoms with Crippen LogP contribution in [0, 0.1) is 5.92 Å². The van der Waals surface area contributed by atoms with Gasteiger partial charge in [-0.3, -0.25) is 9.69 Å². The van der Waals surface area contributed by atoms with Gasteiger partial charge in [-0.1, -0.05) is 6.07 Å². The quantitative estimate of drug-likeness (QED) is 0.789. The van der Waals surface area contributed by atoms with E-state index in [1.807, 2.05) is 24.6 Å². The van der Waals surface area contributed by atoms with E-state index < -0.39 is 0 Å². The molecule has 1 atom stereocenters. The van der Waals surface area contributed by atoms with E-state index in [2.05, 4.69) is 10.2 Å². The van der Waals surface area contributed by atoms with Crippen molar-refractivity contribution in [1.29, 1.82) is 0 Å². The van der Waals surface area contributed by atoms with Crippen molar-refractivity contribution in [3.05, 3.63) is 22.4 Å². The van der Waals surface area contributed by atoms with Crippen molar-refractivity contribution in [3.8, 4) is 0 Å².